The first-order valence-corrected chi connectivity index (χ1v) is 5.41. The maximum Gasteiger partial charge on any atom is 0.267 e. The van der Waals surface area contributed by atoms with E-state index in [-0.39, 0.29) is 5.91 Å². The lowest BCUT2D eigenvalue weighted by atomic mass is 10.1. The van der Waals surface area contributed by atoms with Gasteiger partial charge in [-0.3, -0.25) is 4.79 Å². The zero-order chi connectivity index (χ0) is 11.9. The highest BCUT2D eigenvalue weighted by atomic mass is 16.5. The van der Waals surface area contributed by atoms with Crippen LogP contribution in [0.15, 0.2) is 12.1 Å². The minimum Gasteiger partial charge on any atom is -0.477 e. The minimum atomic E-state index is -0.465. The van der Waals surface area contributed by atoms with Crippen molar-refractivity contribution in [1.82, 2.24) is 0 Å². The topological polar surface area (TPSA) is 55.6 Å². The van der Waals surface area contributed by atoms with Gasteiger partial charge in [0, 0.05) is 7.05 Å². The van der Waals surface area contributed by atoms with Crippen molar-refractivity contribution in [3.05, 3.63) is 17.7 Å². The molecule has 1 aromatic rings. The maximum atomic E-state index is 11.8. The Hall–Kier alpha value is -1.71. The van der Waals surface area contributed by atoms with E-state index in [1.54, 1.807) is 18.9 Å². The van der Waals surface area contributed by atoms with Gasteiger partial charge < -0.3 is 15.4 Å². The predicted molar refractivity (Wildman–Crippen MR) is 63.7 cm³/mol. The average Bonchev–Trinajstić information content (AvgIpc) is 2.27. The van der Waals surface area contributed by atoms with Crippen LogP contribution in [0.25, 0.3) is 0 Å². The number of aryl methyl sites for hydroxylation is 1. The summed E-state index contributed by atoms with van der Waals surface area (Å²) < 4.78 is 5.53. The van der Waals surface area contributed by atoms with Gasteiger partial charge in [0.1, 0.15) is 0 Å². The summed E-state index contributed by atoms with van der Waals surface area (Å²) in [5, 5.41) is 0. The van der Waals surface area contributed by atoms with Gasteiger partial charge in [0.05, 0.1) is 11.4 Å². The number of nitrogen functional groups attached to an aromatic ring is 1. The van der Waals surface area contributed by atoms with Gasteiger partial charge >= 0.3 is 0 Å². The van der Waals surface area contributed by atoms with Crippen molar-refractivity contribution in [1.29, 1.82) is 0 Å². The Kier molecular flexibility index (Phi) is 2.50. The van der Waals surface area contributed by atoms with Crippen molar-refractivity contribution in [2.24, 2.45) is 0 Å². The van der Waals surface area contributed by atoms with Gasteiger partial charge in [-0.05, 0) is 31.0 Å². The zero-order valence-corrected chi connectivity index (χ0v) is 9.78. The summed E-state index contributed by atoms with van der Waals surface area (Å²) in [6.45, 7) is 3.78. The van der Waals surface area contributed by atoms with Gasteiger partial charge in [-0.25, -0.2) is 0 Å². The molecular formula is C12H16N2O2. The van der Waals surface area contributed by atoms with Crippen molar-refractivity contribution in [3.8, 4) is 5.75 Å². The van der Waals surface area contributed by atoms with Crippen LogP contribution in [-0.4, -0.2) is 19.1 Å². The summed E-state index contributed by atoms with van der Waals surface area (Å²) in [6.07, 6.45) is 0.419. The summed E-state index contributed by atoms with van der Waals surface area (Å²) in [4.78, 5) is 13.4. The average molecular weight is 220 g/mol. The number of anilines is 2. The number of fused-ring (bicyclic) bond motifs is 1. The van der Waals surface area contributed by atoms with Gasteiger partial charge in [-0.2, -0.15) is 0 Å². The molecule has 0 saturated carbocycles. The number of nitrogens with zero attached hydrogens (tertiary/aromatic N) is 1. The number of rotatable bonds is 1. The molecule has 1 aliphatic rings. The van der Waals surface area contributed by atoms with Gasteiger partial charge in [0.25, 0.3) is 5.91 Å². The molecule has 1 unspecified atom stereocenters. The summed E-state index contributed by atoms with van der Waals surface area (Å²) in [5.74, 6) is 0.576. The van der Waals surface area contributed by atoms with Crippen LogP contribution in [0.5, 0.6) is 5.75 Å². The number of nitrogens with two attached hydrogens (primary N) is 1. The first-order chi connectivity index (χ1) is 7.54. The van der Waals surface area contributed by atoms with Crippen molar-refractivity contribution in [2.75, 3.05) is 17.7 Å². The maximum absolute atomic E-state index is 11.8. The predicted octanol–water partition coefficient (Wildman–Crippen LogP) is 1.57. The van der Waals surface area contributed by atoms with Gasteiger partial charge in [0.15, 0.2) is 11.9 Å². The third-order valence-electron chi connectivity index (χ3n) is 2.90. The Balaban J connectivity index is 2.56. The molecule has 4 heteroatoms. The zero-order valence-electron chi connectivity index (χ0n) is 9.78. The highest BCUT2D eigenvalue weighted by Gasteiger charge is 2.30. The number of ether oxygens (including phenoxy) is 1. The molecule has 0 aliphatic carbocycles. The van der Waals surface area contributed by atoms with Gasteiger partial charge in [-0.1, -0.05) is 6.92 Å². The molecule has 2 N–H and O–H groups in total. The van der Waals surface area contributed by atoms with E-state index in [1.807, 2.05) is 12.1 Å². The van der Waals surface area contributed by atoms with Crippen LogP contribution in [0.3, 0.4) is 0 Å². The number of amides is 1. The normalized spacial score (nSPS) is 19.3. The largest absolute Gasteiger partial charge is 0.477 e. The van der Waals surface area contributed by atoms with Crippen LogP contribution in [0.2, 0.25) is 0 Å². The third kappa shape index (κ3) is 1.50. The van der Waals surface area contributed by atoms with E-state index < -0.39 is 6.10 Å². The molecule has 0 bridgehead atoms. The number of likely N-dealkylation sites (N-methyl/N-ethyl adjacent to an activating group) is 1. The lowest BCUT2D eigenvalue weighted by molar-refractivity contribution is -0.125. The van der Waals surface area contributed by atoms with Crippen LogP contribution >= 0.6 is 0 Å². The number of benzene rings is 1. The van der Waals surface area contributed by atoms with E-state index in [9.17, 15) is 4.79 Å². The molecule has 1 atom stereocenters. The summed E-state index contributed by atoms with van der Waals surface area (Å²) in [5.41, 5.74) is 8.39. The van der Waals surface area contributed by atoms with Crippen LogP contribution in [0.1, 0.15) is 19.4 Å². The molecule has 86 valence electrons. The molecule has 16 heavy (non-hydrogen) atoms. The molecule has 0 saturated heterocycles. The molecule has 0 fully saturated rings. The van der Waals surface area contributed by atoms with E-state index in [1.165, 1.54) is 0 Å². The molecule has 0 radical (unpaired) electrons. The van der Waals surface area contributed by atoms with Crippen LogP contribution in [0, 0.1) is 0 Å². The Morgan fingerprint density at radius 3 is 2.81 bits per heavy atom. The van der Waals surface area contributed by atoms with E-state index in [2.05, 4.69) is 6.92 Å². The van der Waals surface area contributed by atoms with E-state index in [0.717, 1.165) is 17.7 Å². The lowest BCUT2D eigenvalue weighted by Gasteiger charge is -2.31. The summed E-state index contributed by atoms with van der Waals surface area (Å²) in [6, 6.07) is 3.85. The fraction of sp³-hybridized carbons (Fsp3) is 0.417. The Labute approximate surface area is 95.0 Å². The van der Waals surface area contributed by atoms with E-state index in [0.29, 0.717) is 11.4 Å². The van der Waals surface area contributed by atoms with Crippen molar-refractivity contribution in [3.63, 3.8) is 0 Å². The molecule has 1 aliphatic heterocycles. The number of hydrogen-bond acceptors (Lipinski definition) is 3. The Bertz CT molecular complexity index is 443. The lowest BCUT2D eigenvalue weighted by Crippen LogP contribution is -2.42. The smallest absolute Gasteiger partial charge is 0.267 e. The molecule has 0 spiro atoms. The Morgan fingerprint density at radius 1 is 1.50 bits per heavy atom. The first-order valence-electron chi connectivity index (χ1n) is 5.41. The molecule has 2 rings (SSSR count). The molecular weight excluding hydrogens is 204 g/mol. The SMILES string of the molecule is CCc1cc(N)c2c(c1)N(C)C(=O)C(C)O2. The third-order valence-corrected chi connectivity index (χ3v) is 2.90. The van der Waals surface area contributed by atoms with Crippen LogP contribution in [-0.2, 0) is 11.2 Å². The monoisotopic (exact) mass is 220 g/mol. The van der Waals surface area contributed by atoms with Crippen LogP contribution < -0.4 is 15.4 Å². The summed E-state index contributed by atoms with van der Waals surface area (Å²) >= 11 is 0. The van der Waals surface area contributed by atoms with Crippen molar-refractivity contribution < 1.29 is 9.53 Å². The molecule has 1 heterocycles. The molecule has 4 nitrogen and oxygen atoms in total. The standard InChI is InChI=1S/C12H16N2O2/c1-4-8-5-9(13)11-10(6-8)14(3)12(15)7(2)16-11/h5-7H,4,13H2,1-3H3. The quantitative estimate of drug-likeness (QED) is 0.731. The second-order valence-electron chi connectivity index (χ2n) is 4.04. The summed E-state index contributed by atoms with van der Waals surface area (Å²) in [7, 11) is 1.75. The fourth-order valence-electron chi connectivity index (χ4n) is 1.90. The highest BCUT2D eigenvalue weighted by Crippen LogP contribution is 2.39. The van der Waals surface area contributed by atoms with Gasteiger partial charge in [0.2, 0.25) is 0 Å². The molecule has 1 amide bonds. The number of carbonyl (C=O) groups is 1. The molecule has 0 aromatic heterocycles. The fourth-order valence-corrected chi connectivity index (χ4v) is 1.90. The number of hydrogen-bond donors (Lipinski definition) is 1. The second kappa shape index (κ2) is 3.70. The minimum absolute atomic E-state index is 0.0415. The molecule has 1 aromatic carbocycles. The van der Waals surface area contributed by atoms with Crippen molar-refractivity contribution in [2.45, 2.75) is 26.4 Å². The number of carbonyl (C=O) groups excluding carboxylic acids is 1. The van der Waals surface area contributed by atoms with E-state index in [4.69, 9.17) is 10.5 Å². The van der Waals surface area contributed by atoms with E-state index >= 15 is 0 Å². The van der Waals surface area contributed by atoms with Gasteiger partial charge in [-0.15, -0.1) is 0 Å². The Morgan fingerprint density at radius 2 is 2.19 bits per heavy atom. The second-order valence-corrected chi connectivity index (χ2v) is 4.04. The highest BCUT2D eigenvalue weighted by molar-refractivity contribution is 6.00. The first kappa shape index (κ1) is 10.8. The van der Waals surface area contributed by atoms with Crippen molar-refractivity contribution >= 4 is 17.3 Å². The van der Waals surface area contributed by atoms with Crippen LogP contribution in [0.4, 0.5) is 11.4 Å².